The lowest BCUT2D eigenvalue weighted by Gasteiger charge is -2.35. The monoisotopic (exact) mass is 341 g/mol. The molecule has 0 spiro atoms. The van der Waals surface area contributed by atoms with Gasteiger partial charge in [0, 0.05) is 30.9 Å². The van der Waals surface area contributed by atoms with E-state index in [2.05, 4.69) is 34.1 Å². The largest absolute Gasteiger partial charge is 0.435 e. The first-order chi connectivity index (χ1) is 11.4. The Balaban J connectivity index is 1.78. The summed E-state index contributed by atoms with van der Waals surface area (Å²) < 4.78 is 28.7. The van der Waals surface area contributed by atoms with Gasteiger partial charge in [-0.3, -0.25) is 4.90 Å². The van der Waals surface area contributed by atoms with E-state index < -0.39 is 6.61 Å². The lowest BCUT2D eigenvalue weighted by Crippen LogP contribution is -2.47. The van der Waals surface area contributed by atoms with Crippen molar-refractivity contribution in [3.63, 3.8) is 0 Å². The summed E-state index contributed by atoms with van der Waals surface area (Å²) in [6.07, 6.45) is 2.45. The van der Waals surface area contributed by atoms with Gasteiger partial charge in [0.15, 0.2) is 0 Å². The van der Waals surface area contributed by atoms with Gasteiger partial charge in [0.25, 0.3) is 0 Å². The number of halogens is 2. The molecule has 1 aliphatic rings. The summed E-state index contributed by atoms with van der Waals surface area (Å²) >= 11 is 0. The molecule has 24 heavy (non-hydrogen) atoms. The zero-order valence-electron chi connectivity index (χ0n) is 14.1. The van der Waals surface area contributed by atoms with E-state index in [4.69, 9.17) is 0 Å². The third-order valence-corrected chi connectivity index (χ3v) is 4.19. The van der Waals surface area contributed by atoms with Crippen molar-refractivity contribution >= 4 is 11.7 Å². The molecule has 0 radical (unpaired) electrons. The van der Waals surface area contributed by atoms with Crippen molar-refractivity contribution in [3.05, 3.63) is 24.3 Å². The molecule has 1 aromatic carbocycles. The summed E-state index contributed by atoms with van der Waals surface area (Å²) in [5.41, 5.74) is 0.407. The van der Waals surface area contributed by atoms with E-state index in [1.165, 1.54) is 25.0 Å². The Morgan fingerprint density at radius 3 is 2.96 bits per heavy atom. The highest BCUT2D eigenvalue weighted by Crippen LogP contribution is 2.19. The van der Waals surface area contributed by atoms with Crippen molar-refractivity contribution < 1.29 is 18.3 Å². The van der Waals surface area contributed by atoms with Crippen molar-refractivity contribution in [1.82, 2.24) is 10.2 Å². The van der Waals surface area contributed by atoms with E-state index in [1.807, 2.05) is 0 Å². The highest BCUT2D eigenvalue weighted by atomic mass is 19.3. The molecule has 0 unspecified atom stereocenters. The van der Waals surface area contributed by atoms with Gasteiger partial charge < -0.3 is 15.4 Å². The standard InChI is InChI=1S/C17H25F2N3O2/c1-12-5-4-8-22(11-12)13(2)10-20-17(23)21-14-6-3-7-15(9-14)24-16(18)19/h3,6-7,9,12-13,16H,4-5,8,10-11H2,1-2H3,(H2,20,21,23)/t12-,13-/m1/s1. The minimum atomic E-state index is -2.89. The third-order valence-electron chi connectivity index (χ3n) is 4.19. The van der Waals surface area contributed by atoms with Crippen molar-refractivity contribution in [2.75, 3.05) is 25.0 Å². The number of urea groups is 1. The fourth-order valence-corrected chi connectivity index (χ4v) is 2.92. The fraction of sp³-hybridized carbons (Fsp3) is 0.588. The molecular formula is C17H25F2N3O2. The Morgan fingerprint density at radius 1 is 1.46 bits per heavy atom. The van der Waals surface area contributed by atoms with Crippen LogP contribution in [0.4, 0.5) is 19.3 Å². The maximum atomic E-state index is 12.2. The summed E-state index contributed by atoms with van der Waals surface area (Å²) in [5.74, 6) is 0.700. The minimum absolute atomic E-state index is 0.0125. The van der Waals surface area contributed by atoms with Crippen LogP contribution in [0, 0.1) is 5.92 Å². The summed E-state index contributed by atoms with van der Waals surface area (Å²) in [7, 11) is 0. The number of carbonyl (C=O) groups is 1. The molecule has 0 saturated carbocycles. The predicted octanol–water partition coefficient (Wildman–Crippen LogP) is 3.53. The number of ether oxygens (including phenoxy) is 1. The van der Waals surface area contributed by atoms with E-state index in [9.17, 15) is 13.6 Å². The first kappa shape index (κ1) is 18.4. The van der Waals surface area contributed by atoms with Crippen molar-refractivity contribution in [3.8, 4) is 5.75 Å². The number of hydrogen-bond donors (Lipinski definition) is 2. The van der Waals surface area contributed by atoms with Crippen molar-refractivity contribution in [1.29, 1.82) is 0 Å². The zero-order valence-corrected chi connectivity index (χ0v) is 14.1. The molecule has 2 rings (SSSR count). The SMILES string of the molecule is C[C@@H]1CCCN([C@H](C)CNC(=O)Nc2cccc(OC(F)F)c2)C1. The predicted molar refractivity (Wildman–Crippen MR) is 89.5 cm³/mol. The Labute approximate surface area is 141 Å². The van der Waals surface area contributed by atoms with E-state index in [-0.39, 0.29) is 17.8 Å². The van der Waals surface area contributed by atoms with Gasteiger partial charge >= 0.3 is 12.6 Å². The first-order valence-electron chi connectivity index (χ1n) is 8.28. The van der Waals surface area contributed by atoms with Crippen LogP contribution in [0.15, 0.2) is 24.3 Å². The molecule has 1 heterocycles. The topological polar surface area (TPSA) is 53.6 Å². The fourth-order valence-electron chi connectivity index (χ4n) is 2.92. The van der Waals surface area contributed by atoms with Gasteiger partial charge in [0.1, 0.15) is 5.75 Å². The molecule has 2 N–H and O–H groups in total. The number of piperidine rings is 1. The smallest absolute Gasteiger partial charge is 0.387 e. The molecule has 0 aliphatic carbocycles. The molecule has 1 fully saturated rings. The number of nitrogens with one attached hydrogen (secondary N) is 2. The summed E-state index contributed by atoms with van der Waals surface area (Å²) in [6, 6.07) is 5.84. The highest BCUT2D eigenvalue weighted by molar-refractivity contribution is 5.89. The van der Waals surface area contributed by atoms with Crippen LogP contribution in [0.3, 0.4) is 0 Å². The minimum Gasteiger partial charge on any atom is -0.435 e. The van der Waals surface area contributed by atoms with Crippen LogP contribution in [0.1, 0.15) is 26.7 Å². The van der Waals surface area contributed by atoms with Crippen molar-refractivity contribution in [2.45, 2.75) is 39.3 Å². The van der Waals surface area contributed by atoms with Crippen LogP contribution in [-0.4, -0.2) is 43.2 Å². The van der Waals surface area contributed by atoms with Gasteiger partial charge in [-0.25, -0.2) is 4.79 Å². The van der Waals surface area contributed by atoms with Crippen LogP contribution in [0.25, 0.3) is 0 Å². The van der Waals surface area contributed by atoms with E-state index in [0.717, 1.165) is 13.1 Å². The second-order valence-corrected chi connectivity index (χ2v) is 6.33. The number of nitrogens with zero attached hydrogens (tertiary/aromatic N) is 1. The number of rotatable bonds is 6. The Kier molecular flexibility index (Phi) is 6.78. The summed E-state index contributed by atoms with van der Waals surface area (Å²) in [5, 5.41) is 5.45. The normalized spacial score (nSPS) is 19.8. The Morgan fingerprint density at radius 2 is 2.25 bits per heavy atom. The number of anilines is 1. The van der Waals surface area contributed by atoms with Crippen LogP contribution < -0.4 is 15.4 Å². The number of benzene rings is 1. The molecule has 134 valence electrons. The molecule has 1 aliphatic heterocycles. The molecule has 0 aromatic heterocycles. The lowest BCUT2D eigenvalue weighted by atomic mass is 9.99. The molecule has 2 amide bonds. The van der Waals surface area contributed by atoms with Gasteiger partial charge in [-0.05, 0) is 44.4 Å². The van der Waals surface area contributed by atoms with Crippen LogP contribution in [0.5, 0.6) is 5.75 Å². The average Bonchev–Trinajstić information content (AvgIpc) is 2.52. The second kappa shape index (κ2) is 8.82. The first-order valence-corrected chi connectivity index (χ1v) is 8.28. The number of amides is 2. The van der Waals surface area contributed by atoms with Gasteiger partial charge in [-0.2, -0.15) is 8.78 Å². The Hall–Kier alpha value is -1.89. The maximum absolute atomic E-state index is 12.2. The lowest BCUT2D eigenvalue weighted by molar-refractivity contribution is -0.0497. The van der Waals surface area contributed by atoms with Gasteiger partial charge in [-0.1, -0.05) is 13.0 Å². The quantitative estimate of drug-likeness (QED) is 0.832. The molecule has 0 bridgehead atoms. The third kappa shape index (κ3) is 5.96. The van der Waals surface area contributed by atoms with Crippen molar-refractivity contribution in [2.24, 2.45) is 5.92 Å². The molecule has 1 aromatic rings. The van der Waals surface area contributed by atoms with Gasteiger partial charge in [0.05, 0.1) is 0 Å². The molecule has 2 atom stereocenters. The van der Waals surface area contributed by atoms with Gasteiger partial charge in [0.2, 0.25) is 0 Å². The number of carbonyl (C=O) groups excluding carboxylic acids is 1. The van der Waals surface area contributed by atoms with Crippen LogP contribution in [0.2, 0.25) is 0 Å². The highest BCUT2D eigenvalue weighted by Gasteiger charge is 2.21. The molecule has 7 heteroatoms. The van der Waals surface area contributed by atoms with Gasteiger partial charge in [-0.15, -0.1) is 0 Å². The van der Waals surface area contributed by atoms with Crippen LogP contribution >= 0.6 is 0 Å². The number of hydrogen-bond acceptors (Lipinski definition) is 3. The molecule has 1 saturated heterocycles. The second-order valence-electron chi connectivity index (χ2n) is 6.33. The number of likely N-dealkylation sites (tertiary alicyclic amines) is 1. The zero-order chi connectivity index (χ0) is 17.5. The summed E-state index contributed by atoms with van der Waals surface area (Å²) in [6.45, 7) is 4.09. The maximum Gasteiger partial charge on any atom is 0.387 e. The van der Waals surface area contributed by atoms with E-state index >= 15 is 0 Å². The van der Waals surface area contributed by atoms with Crippen LogP contribution in [-0.2, 0) is 0 Å². The van der Waals surface area contributed by atoms with E-state index in [0.29, 0.717) is 18.2 Å². The molecular weight excluding hydrogens is 316 g/mol. The Bertz CT molecular complexity index is 542. The summed E-state index contributed by atoms with van der Waals surface area (Å²) in [4.78, 5) is 14.3. The average molecular weight is 341 g/mol. The van der Waals surface area contributed by atoms with E-state index in [1.54, 1.807) is 12.1 Å². The number of alkyl halides is 2. The molecule has 5 nitrogen and oxygen atoms in total.